The number of halogens is 4. The maximum Gasteiger partial charge on any atom is 0.387 e. The Labute approximate surface area is 310 Å². The second kappa shape index (κ2) is 14.1. The van der Waals surface area contributed by atoms with Gasteiger partial charge in [0, 0.05) is 92.0 Å². The molecule has 8 rings (SSSR count). The lowest BCUT2D eigenvalue weighted by atomic mass is 9.71. The Balaban J connectivity index is 0.877. The monoisotopic (exact) mass is 749 g/mol. The lowest BCUT2D eigenvalue weighted by Crippen LogP contribution is -2.74. The molecule has 0 radical (unpaired) electrons. The van der Waals surface area contributed by atoms with Gasteiger partial charge in [0.1, 0.15) is 0 Å². The number of quaternary nitrogens is 1. The summed E-state index contributed by atoms with van der Waals surface area (Å²) >= 11 is 0. The van der Waals surface area contributed by atoms with Gasteiger partial charge >= 0.3 is 6.61 Å². The van der Waals surface area contributed by atoms with Gasteiger partial charge in [-0.05, 0) is 55.3 Å². The van der Waals surface area contributed by atoms with Gasteiger partial charge in [0.25, 0.3) is 5.91 Å². The molecule has 1 spiro atoms. The number of carbonyl (C=O) groups is 2. The number of amides is 2. The predicted molar refractivity (Wildman–Crippen MR) is 193 cm³/mol. The Kier molecular flexibility index (Phi) is 9.49. The van der Waals surface area contributed by atoms with Gasteiger partial charge in [0.05, 0.1) is 38.6 Å². The molecule has 11 nitrogen and oxygen atoms in total. The molecule has 1 unspecified atom stereocenters. The van der Waals surface area contributed by atoms with Crippen molar-refractivity contribution >= 4 is 29.0 Å². The Bertz CT molecular complexity index is 2060. The Morgan fingerprint density at radius 1 is 1.04 bits per heavy atom. The zero-order valence-corrected chi connectivity index (χ0v) is 30.5. The molecule has 286 valence electrons. The van der Waals surface area contributed by atoms with Crippen LogP contribution >= 0.6 is 0 Å². The number of hydrogen-bond acceptors (Lipinski definition) is 7. The SMILES string of the molecule is CCc1cc(Nc2nccn3c(-c4ccc(OC(F)F)c(F)c4F)cnc23)ccc1C(=O)N1CC2(C1)CN(C(=O)C1CC[N+](C)(CC3CCNC3)CC1)C2. The lowest BCUT2D eigenvalue weighted by Gasteiger charge is -2.60. The molecular weight excluding hydrogens is 704 g/mol. The second-order valence-electron chi connectivity index (χ2n) is 15.8. The van der Waals surface area contributed by atoms with Crippen LogP contribution < -0.4 is 15.4 Å². The van der Waals surface area contributed by atoms with Gasteiger partial charge in [-0.3, -0.25) is 14.0 Å². The normalized spacial score (nSPS) is 23.5. The number of aromatic nitrogens is 3. The highest BCUT2D eigenvalue weighted by molar-refractivity contribution is 5.97. The summed E-state index contributed by atoms with van der Waals surface area (Å²) in [6, 6.07) is 7.56. The molecule has 6 heterocycles. The highest BCUT2D eigenvalue weighted by atomic mass is 19.3. The minimum atomic E-state index is -3.30. The highest BCUT2D eigenvalue weighted by Crippen LogP contribution is 2.42. The van der Waals surface area contributed by atoms with E-state index in [4.69, 9.17) is 0 Å². The van der Waals surface area contributed by atoms with Crippen LogP contribution in [0.2, 0.25) is 0 Å². The maximum absolute atomic E-state index is 15.0. The fraction of sp³-hybridized carbons (Fsp3) is 0.487. The number of anilines is 2. The largest absolute Gasteiger partial charge is 0.432 e. The molecule has 54 heavy (non-hydrogen) atoms. The van der Waals surface area contributed by atoms with Crippen LogP contribution in [0.5, 0.6) is 5.75 Å². The van der Waals surface area contributed by atoms with Gasteiger partial charge in [-0.1, -0.05) is 6.92 Å². The van der Waals surface area contributed by atoms with Crippen LogP contribution in [0.25, 0.3) is 16.9 Å². The first-order chi connectivity index (χ1) is 25.9. The fourth-order valence-corrected chi connectivity index (χ4v) is 9.00. The summed E-state index contributed by atoms with van der Waals surface area (Å²) in [5.41, 5.74) is 2.41. The van der Waals surface area contributed by atoms with E-state index >= 15 is 0 Å². The van der Waals surface area contributed by atoms with E-state index in [0.29, 0.717) is 55.3 Å². The van der Waals surface area contributed by atoms with Crippen molar-refractivity contribution < 1.29 is 36.4 Å². The van der Waals surface area contributed by atoms with Crippen LogP contribution in [0.3, 0.4) is 0 Å². The van der Waals surface area contributed by atoms with Gasteiger partial charge < -0.3 is 29.7 Å². The minimum Gasteiger partial charge on any atom is -0.432 e. The van der Waals surface area contributed by atoms with Crippen molar-refractivity contribution in [3.63, 3.8) is 0 Å². The number of benzene rings is 2. The topological polar surface area (TPSA) is 104 Å². The number of nitrogens with zero attached hydrogens (tertiary/aromatic N) is 6. The Morgan fingerprint density at radius 3 is 2.50 bits per heavy atom. The summed E-state index contributed by atoms with van der Waals surface area (Å²) in [6.45, 7) is 6.91. The van der Waals surface area contributed by atoms with Crippen LogP contribution in [0.1, 0.15) is 42.1 Å². The van der Waals surface area contributed by atoms with Crippen molar-refractivity contribution in [2.45, 2.75) is 39.2 Å². The van der Waals surface area contributed by atoms with Crippen LogP contribution in [-0.2, 0) is 11.2 Å². The van der Waals surface area contributed by atoms with E-state index in [1.165, 1.54) is 36.0 Å². The molecule has 2 N–H and O–H groups in total. The van der Waals surface area contributed by atoms with Crippen molar-refractivity contribution in [3.05, 3.63) is 71.7 Å². The molecule has 4 aliphatic rings. The average molecular weight is 750 g/mol. The Hall–Kier alpha value is -4.76. The maximum atomic E-state index is 15.0. The summed E-state index contributed by atoms with van der Waals surface area (Å²) in [6.07, 6.45) is 8.08. The molecule has 1 atom stereocenters. The molecule has 0 saturated carbocycles. The average Bonchev–Trinajstić information content (AvgIpc) is 3.79. The molecule has 2 aromatic heterocycles. The van der Waals surface area contributed by atoms with Gasteiger partial charge in [-0.25, -0.2) is 14.4 Å². The molecule has 4 fully saturated rings. The first-order valence-electron chi connectivity index (χ1n) is 18.7. The lowest BCUT2D eigenvalue weighted by molar-refractivity contribution is -0.917. The molecule has 4 aliphatic heterocycles. The molecule has 0 bridgehead atoms. The van der Waals surface area contributed by atoms with E-state index in [9.17, 15) is 27.2 Å². The van der Waals surface area contributed by atoms with Crippen LogP contribution in [-0.4, -0.2) is 113 Å². The number of carbonyl (C=O) groups excluding carboxylic acids is 2. The summed E-state index contributed by atoms with van der Waals surface area (Å²) in [4.78, 5) is 39.7. The molecule has 0 aliphatic carbocycles. The summed E-state index contributed by atoms with van der Waals surface area (Å²) < 4.78 is 61.4. The molecule has 4 aromatic rings. The predicted octanol–water partition coefficient (Wildman–Crippen LogP) is 5.33. The van der Waals surface area contributed by atoms with Crippen LogP contribution in [0.15, 0.2) is 48.9 Å². The first kappa shape index (κ1) is 36.2. The second-order valence-corrected chi connectivity index (χ2v) is 15.8. The smallest absolute Gasteiger partial charge is 0.387 e. The van der Waals surface area contributed by atoms with Crippen LogP contribution in [0.4, 0.5) is 29.1 Å². The quantitative estimate of drug-likeness (QED) is 0.167. The first-order valence-corrected chi connectivity index (χ1v) is 18.7. The number of aryl methyl sites for hydroxylation is 1. The molecule has 2 aromatic carbocycles. The summed E-state index contributed by atoms with van der Waals surface area (Å²) in [5, 5.41) is 6.70. The number of piperidine rings is 1. The number of ether oxygens (including phenoxy) is 1. The third-order valence-electron chi connectivity index (χ3n) is 11.9. The van der Waals surface area contributed by atoms with E-state index < -0.39 is 24.0 Å². The number of hydrogen-bond donors (Lipinski definition) is 2. The number of fused-ring (bicyclic) bond motifs is 1. The van der Waals surface area contributed by atoms with Crippen molar-refractivity contribution in [1.82, 2.24) is 29.5 Å². The van der Waals surface area contributed by atoms with Crippen LogP contribution in [0, 0.1) is 28.9 Å². The third-order valence-corrected chi connectivity index (χ3v) is 11.9. The molecule has 2 amide bonds. The van der Waals surface area contributed by atoms with Gasteiger partial charge in [0.2, 0.25) is 11.7 Å². The molecular formula is C39H45F4N8O3+. The van der Waals surface area contributed by atoms with Gasteiger partial charge in [-0.2, -0.15) is 13.2 Å². The van der Waals surface area contributed by atoms with Crippen molar-refractivity contribution in [2.24, 2.45) is 17.3 Å². The number of alkyl halides is 2. The number of rotatable bonds is 10. The third kappa shape index (κ3) is 6.76. The number of likely N-dealkylation sites (tertiary alicyclic amines) is 3. The van der Waals surface area contributed by atoms with E-state index in [1.807, 2.05) is 22.8 Å². The van der Waals surface area contributed by atoms with Gasteiger partial charge in [0.15, 0.2) is 23.0 Å². The summed E-state index contributed by atoms with van der Waals surface area (Å²) in [7, 11) is 2.35. The van der Waals surface area contributed by atoms with Crippen molar-refractivity contribution in [3.8, 4) is 17.0 Å². The van der Waals surface area contributed by atoms with E-state index in [-0.39, 0.29) is 34.4 Å². The zero-order chi connectivity index (χ0) is 37.8. The fourth-order valence-electron chi connectivity index (χ4n) is 9.00. The summed E-state index contributed by atoms with van der Waals surface area (Å²) in [5.74, 6) is -2.34. The molecule has 4 saturated heterocycles. The number of imidazole rings is 1. The van der Waals surface area contributed by atoms with E-state index in [1.54, 1.807) is 12.1 Å². The molecule has 15 heteroatoms. The Morgan fingerprint density at radius 2 is 1.80 bits per heavy atom. The standard InChI is InChI=1S/C39H44F4N8O3/c1-3-25-16-27(47-34-35-46-18-30(50(35)13-12-45-34)29-6-7-31(54-38(42)43)33(41)32(29)40)4-5-28(25)37(53)49-22-39(23-49)20-48(21-39)36(52)26-9-14-51(2,15-10-26)19-24-8-11-44-17-24/h4-7,12-13,16,18,24,26,38,44H,3,8-11,14-15,17,19-23H2,1-2H3/p+1. The van der Waals surface area contributed by atoms with Gasteiger partial charge in [-0.15, -0.1) is 0 Å². The highest BCUT2D eigenvalue weighted by Gasteiger charge is 2.55. The number of nitrogens with one attached hydrogen (secondary N) is 2. The van der Waals surface area contributed by atoms with Crippen molar-refractivity contribution in [2.75, 3.05) is 71.3 Å². The van der Waals surface area contributed by atoms with E-state index in [2.05, 4.69) is 32.4 Å². The minimum absolute atomic E-state index is 0.0162. The van der Waals surface area contributed by atoms with E-state index in [0.717, 1.165) is 67.1 Å². The van der Waals surface area contributed by atoms with Crippen molar-refractivity contribution in [1.29, 1.82) is 0 Å². The zero-order valence-electron chi connectivity index (χ0n) is 30.5.